The molecule has 1 saturated heterocycles. The van der Waals surface area contributed by atoms with Crippen molar-refractivity contribution in [2.75, 3.05) is 45.7 Å². The summed E-state index contributed by atoms with van der Waals surface area (Å²) in [6, 6.07) is 5.71. The van der Waals surface area contributed by atoms with Gasteiger partial charge in [-0.2, -0.15) is 0 Å². The first kappa shape index (κ1) is 22.0. The van der Waals surface area contributed by atoms with Crippen LogP contribution in [0.4, 0.5) is 5.69 Å². The molecular formula is C23H35N5O2. The summed E-state index contributed by atoms with van der Waals surface area (Å²) in [4.78, 5) is 7.09. The quantitative estimate of drug-likeness (QED) is 0.310. The number of nitrogens with two attached hydrogens (primary N) is 1. The molecule has 0 saturated carbocycles. The van der Waals surface area contributed by atoms with Gasteiger partial charge in [0.1, 0.15) is 0 Å². The summed E-state index contributed by atoms with van der Waals surface area (Å²) in [6.07, 6.45) is 6.58. The standard InChI is InChI=1S/C23H35N5O2/c1-17(25-2)19-8-6-9-20(19)27-23(24)26-18-10-11-21(29-3)22(16-18)30-15-7-14-28-12-4-5-13-28/h10-11,16,25H,1,4-9,12-15H2,2-3H3,(H3,24,26,27). The number of nitrogens with one attached hydrogen (secondary N) is 2. The van der Waals surface area contributed by atoms with Gasteiger partial charge in [0.15, 0.2) is 17.5 Å². The molecular weight excluding hydrogens is 378 g/mol. The molecule has 0 atom stereocenters. The third-order valence-corrected chi connectivity index (χ3v) is 5.62. The SMILES string of the molecule is C=C(NC)C1=C(N=C(N)Nc2ccc(OC)c(OCCCN3CCCC3)c2)CCC1. The number of likely N-dealkylation sites (N-methyl/N-ethyl adjacent to an activating group) is 1. The summed E-state index contributed by atoms with van der Waals surface area (Å²) in [6.45, 7) is 8.21. The number of guanidine groups is 1. The predicted octanol–water partition coefficient (Wildman–Crippen LogP) is 3.46. The lowest BCUT2D eigenvalue weighted by Gasteiger charge is -2.16. The van der Waals surface area contributed by atoms with Gasteiger partial charge in [0.25, 0.3) is 0 Å². The number of benzene rings is 1. The highest BCUT2D eigenvalue weighted by atomic mass is 16.5. The zero-order valence-electron chi connectivity index (χ0n) is 18.3. The van der Waals surface area contributed by atoms with Crippen LogP contribution in [0, 0.1) is 0 Å². The van der Waals surface area contributed by atoms with E-state index in [1.165, 1.54) is 25.9 Å². The molecule has 0 radical (unpaired) electrons. The molecule has 3 rings (SSSR count). The van der Waals surface area contributed by atoms with Gasteiger partial charge in [-0.3, -0.25) is 0 Å². The van der Waals surface area contributed by atoms with E-state index >= 15 is 0 Å². The number of likely N-dealkylation sites (tertiary alicyclic amines) is 1. The third kappa shape index (κ3) is 5.92. The van der Waals surface area contributed by atoms with Gasteiger partial charge in [-0.25, -0.2) is 4.99 Å². The molecule has 0 amide bonds. The van der Waals surface area contributed by atoms with E-state index in [0.29, 0.717) is 24.1 Å². The van der Waals surface area contributed by atoms with Crippen molar-refractivity contribution in [2.24, 2.45) is 10.7 Å². The van der Waals surface area contributed by atoms with Gasteiger partial charge in [-0.15, -0.1) is 0 Å². The van der Waals surface area contributed by atoms with Crippen LogP contribution in [0.25, 0.3) is 0 Å². The minimum atomic E-state index is 0.360. The smallest absolute Gasteiger partial charge is 0.198 e. The van der Waals surface area contributed by atoms with Crippen molar-refractivity contribution in [3.8, 4) is 11.5 Å². The molecule has 164 valence electrons. The molecule has 1 heterocycles. The minimum Gasteiger partial charge on any atom is -0.493 e. The van der Waals surface area contributed by atoms with E-state index in [0.717, 1.165) is 54.9 Å². The summed E-state index contributed by atoms with van der Waals surface area (Å²) in [5, 5.41) is 6.28. The molecule has 0 unspecified atom stereocenters. The van der Waals surface area contributed by atoms with Crippen LogP contribution in [0.5, 0.6) is 11.5 Å². The van der Waals surface area contributed by atoms with Crippen LogP contribution in [0.3, 0.4) is 0 Å². The number of nitrogens with zero attached hydrogens (tertiary/aromatic N) is 2. The molecule has 1 fully saturated rings. The molecule has 0 bridgehead atoms. The topological polar surface area (TPSA) is 84.1 Å². The Hall–Kier alpha value is -2.67. The Morgan fingerprint density at radius 2 is 2.00 bits per heavy atom. The first-order valence-electron chi connectivity index (χ1n) is 10.8. The molecule has 1 aromatic carbocycles. The van der Waals surface area contributed by atoms with E-state index in [1.807, 2.05) is 25.2 Å². The fourth-order valence-electron chi connectivity index (χ4n) is 3.99. The normalized spacial score (nSPS) is 17.3. The molecule has 7 nitrogen and oxygen atoms in total. The van der Waals surface area contributed by atoms with Crippen molar-refractivity contribution in [2.45, 2.75) is 38.5 Å². The number of hydrogen-bond donors (Lipinski definition) is 3. The van der Waals surface area contributed by atoms with E-state index in [4.69, 9.17) is 15.2 Å². The van der Waals surface area contributed by atoms with Gasteiger partial charge in [-0.05, 0) is 69.3 Å². The third-order valence-electron chi connectivity index (χ3n) is 5.62. The Morgan fingerprint density at radius 1 is 1.20 bits per heavy atom. The van der Waals surface area contributed by atoms with Crippen LogP contribution in [0.1, 0.15) is 38.5 Å². The number of rotatable bonds is 10. The van der Waals surface area contributed by atoms with E-state index in [9.17, 15) is 0 Å². The zero-order valence-corrected chi connectivity index (χ0v) is 18.3. The van der Waals surface area contributed by atoms with Gasteiger partial charge in [0, 0.05) is 36.7 Å². The number of hydrogen-bond acceptors (Lipinski definition) is 5. The van der Waals surface area contributed by atoms with Crippen molar-refractivity contribution in [1.82, 2.24) is 10.2 Å². The fourth-order valence-corrected chi connectivity index (χ4v) is 3.99. The number of anilines is 1. The van der Waals surface area contributed by atoms with Crippen molar-refractivity contribution < 1.29 is 9.47 Å². The monoisotopic (exact) mass is 413 g/mol. The van der Waals surface area contributed by atoms with Crippen LogP contribution in [0.2, 0.25) is 0 Å². The molecule has 7 heteroatoms. The minimum absolute atomic E-state index is 0.360. The number of methoxy groups -OCH3 is 1. The molecule has 1 aliphatic heterocycles. The molecule has 0 aromatic heterocycles. The summed E-state index contributed by atoms with van der Waals surface area (Å²) < 4.78 is 11.5. The van der Waals surface area contributed by atoms with Crippen LogP contribution >= 0.6 is 0 Å². The largest absolute Gasteiger partial charge is 0.493 e. The zero-order chi connectivity index (χ0) is 21.3. The van der Waals surface area contributed by atoms with Crippen molar-refractivity contribution >= 4 is 11.6 Å². The first-order valence-corrected chi connectivity index (χ1v) is 10.8. The maximum Gasteiger partial charge on any atom is 0.198 e. The molecule has 1 aromatic rings. The van der Waals surface area contributed by atoms with Crippen LogP contribution in [-0.4, -0.2) is 51.3 Å². The number of allylic oxidation sites excluding steroid dienone is 2. The van der Waals surface area contributed by atoms with Crippen LogP contribution in [0.15, 0.2) is 46.7 Å². The maximum absolute atomic E-state index is 6.18. The summed E-state index contributed by atoms with van der Waals surface area (Å²) in [5.74, 6) is 1.78. The highest BCUT2D eigenvalue weighted by molar-refractivity contribution is 5.93. The molecule has 30 heavy (non-hydrogen) atoms. The van der Waals surface area contributed by atoms with E-state index in [2.05, 4.69) is 27.1 Å². The Kier molecular flexibility index (Phi) is 8.02. The second-order valence-corrected chi connectivity index (χ2v) is 7.75. The Morgan fingerprint density at radius 3 is 2.73 bits per heavy atom. The average Bonchev–Trinajstić information content (AvgIpc) is 3.43. The summed E-state index contributed by atoms with van der Waals surface area (Å²) in [5.41, 5.74) is 10.1. The van der Waals surface area contributed by atoms with Crippen molar-refractivity contribution in [1.29, 1.82) is 0 Å². The van der Waals surface area contributed by atoms with Gasteiger partial charge in [0.2, 0.25) is 0 Å². The second kappa shape index (κ2) is 10.9. The maximum atomic E-state index is 6.18. The summed E-state index contributed by atoms with van der Waals surface area (Å²) >= 11 is 0. The lowest BCUT2D eigenvalue weighted by Crippen LogP contribution is -2.23. The van der Waals surface area contributed by atoms with Crippen LogP contribution in [-0.2, 0) is 0 Å². The average molecular weight is 414 g/mol. The number of aliphatic imine (C=N–C) groups is 1. The van der Waals surface area contributed by atoms with Crippen molar-refractivity contribution in [3.63, 3.8) is 0 Å². The molecule has 1 aliphatic carbocycles. The predicted molar refractivity (Wildman–Crippen MR) is 123 cm³/mol. The molecule has 4 N–H and O–H groups in total. The fraction of sp³-hybridized carbons (Fsp3) is 0.522. The van der Waals surface area contributed by atoms with E-state index in [-0.39, 0.29) is 0 Å². The second-order valence-electron chi connectivity index (χ2n) is 7.75. The van der Waals surface area contributed by atoms with Gasteiger partial charge < -0.3 is 30.7 Å². The van der Waals surface area contributed by atoms with E-state index in [1.54, 1.807) is 7.11 Å². The van der Waals surface area contributed by atoms with Crippen molar-refractivity contribution in [3.05, 3.63) is 41.7 Å². The lowest BCUT2D eigenvalue weighted by molar-refractivity contribution is 0.254. The molecule has 2 aliphatic rings. The van der Waals surface area contributed by atoms with Gasteiger partial charge in [-0.1, -0.05) is 6.58 Å². The lowest BCUT2D eigenvalue weighted by atomic mass is 10.2. The highest BCUT2D eigenvalue weighted by Crippen LogP contribution is 2.32. The highest BCUT2D eigenvalue weighted by Gasteiger charge is 2.17. The van der Waals surface area contributed by atoms with Crippen LogP contribution < -0.4 is 25.8 Å². The Balaban J connectivity index is 1.61. The van der Waals surface area contributed by atoms with Gasteiger partial charge >= 0.3 is 0 Å². The summed E-state index contributed by atoms with van der Waals surface area (Å²) in [7, 11) is 3.53. The number of ether oxygens (including phenoxy) is 2. The van der Waals surface area contributed by atoms with E-state index < -0.39 is 0 Å². The van der Waals surface area contributed by atoms with Gasteiger partial charge in [0.05, 0.1) is 13.7 Å². The molecule has 0 spiro atoms. The first-order chi connectivity index (χ1) is 14.6. The Bertz CT molecular complexity index is 797. The Labute approximate surface area is 180 Å².